The zero-order chi connectivity index (χ0) is 10.7. The number of rotatable bonds is 3. The van der Waals surface area contributed by atoms with Gasteiger partial charge in [0, 0.05) is 25.2 Å². The van der Waals surface area contributed by atoms with Crippen LogP contribution in [0.4, 0.5) is 0 Å². The molecule has 80 valence electrons. The quantitative estimate of drug-likeness (QED) is 0.756. The fourth-order valence-electron chi connectivity index (χ4n) is 2.19. The average Bonchev–Trinajstić information content (AvgIpc) is 2.29. The highest BCUT2D eigenvalue weighted by Crippen LogP contribution is 2.27. The number of hydrogen-bond acceptors (Lipinski definition) is 2. The highest BCUT2D eigenvalue weighted by Gasteiger charge is 2.26. The van der Waals surface area contributed by atoms with Gasteiger partial charge in [0.1, 0.15) is 0 Å². The van der Waals surface area contributed by atoms with Gasteiger partial charge < -0.3 is 4.74 Å². The molecule has 1 aliphatic rings. The van der Waals surface area contributed by atoms with Crippen LogP contribution in [0.25, 0.3) is 0 Å². The van der Waals surface area contributed by atoms with Gasteiger partial charge in [0.15, 0.2) is 5.78 Å². The second kappa shape index (κ2) is 4.58. The molecule has 0 spiro atoms. The molecule has 1 atom stereocenters. The van der Waals surface area contributed by atoms with Gasteiger partial charge in [0.05, 0.1) is 0 Å². The van der Waals surface area contributed by atoms with Crippen LogP contribution < -0.4 is 0 Å². The number of Topliss-reactive ketones (excluding diaryl/α,β-unsaturated/α-hetero) is 1. The Balaban J connectivity index is 2.15. The maximum atomic E-state index is 12.1. The van der Waals surface area contributed by atoms with Crippen LogP contribution >= 0.6 is 0 Å². The summed E-state index contributed by atoms with van der Waals surface area (Å²) >= 11 is 0. The summed E-state index contributed by atoms with van der Waals surface area (Å²) in [4.78, 5) is 12.1. The van der Waals surface area contributed by atoms with E-state index in [0.29, 0.717) is 12.4 Å². The first kappa shape index (κ1) is 10.4. The van der Waals surface area contributed by atoms with Crippen molar-refractivity contribution in [3.8, 4) is 0 Å². The molecule has 0 N–H and O–H groups in total. The second-order valence-electron chi connectivity index (χ2n) is 4.04. The minimum absolute atomic E-state index is 0.167. The summed E-state index contributed by atoms with van der Waals surface area (Å²) in [5, 5.41) is 0. The van der Waals surface area contributed by atoms with Crippen molar-refractivity contribution in [2.24, 2.45) is 5.92 Å². The number of fused-ring (bicyclic) bond motifs is 1. The summed E-state index contributed by atoms with van der Waals surface area (Å²) in [6.45, 7) is 0.679. The molecule has 2 heteroatoms. The van der Waals surface area contributed by atoms with Gasteiger partial charge in [-0.1, -0.05) is 24.3 Å². The highest BCUT2D eigenvalue weighted by molar-refractivity contribution is 6.00. The number of aryl methyl sites for hydroxylation is 1. The first-order valence-electron chi connectivity index (χ1n) is 5.44. The van der Waals surface area contributed by atoms with E-state index in [0.717, 1.165) is 24.8 Å². The number of hydrogen-bond donors (Lipinski definition) is 0. The molecule has 1 unspecified atom stereocenters. The molecule has 0 saturated carbocycles. The van der Waals surface area contributed by atoms with Crippen LogP contribution in [0.5, 0.6) is 0 Å². The van der Waals surface area contributed by atoms with E-state index in [-0.39, 0.29) is 5.92 Å². The number of carbonyl (C=O) groups is 1. The summed E-state index contributed by atoms with van der Waals surface area (Å²) in [7, 11) is 1.68. The minimum Gasteiger partial charge on any atom is -0.385 e. The van der Waals surface area contributed by atoms with Crippen molar-refractivity contribution in [1.29, 1.82) is 0 Å². The number of ketones is 1. The summed E-state index contributed by atoms with van der Waals surface area (Å²) in [6.07, 6.45) is 2.85. The van der Waals surface area contributed by atoms with Crippen molar-refractivity contribution in [3.05, 3.63) is 35.4 Å². The van der Waals surface area contributed by atoms with E-state index in [1.165, 1.54) is 5.56 Å². The molecule has 0 bridgehead atoms. The van der Waals surface area contributed by atoms with Gasteiger partial charge in [0.25, 0.3) is 0 Å². The number of benzene rings is 1. The van der Waals surface area contributed by atoms with Gasteiger partial charge >= 0.3 is 0 Å². The normalized spacial score (nSPS) is 20.1. The summed E-state index contributed by atoms with van der Waals surface area (Å²) in [6, 6.07) is 7.94. The van der Waals surface area contributed by atoms with E-state index in [4.69, 9.17) is 4.74 Å². The van der Waals surface area contributed by atoms with E-state index in [1.807, 2.05) is 18.2 Å². The van der Waals surface area contributed by atoms with Crippen LogP contribution in [0.15, 0.2) is 24.3 Å². The van der Waals surface area contributed by atoms with Crippen LogP contribution in [0.3, 0.4) is 0 Å². The largest absolute Gasteiger partial charge is 0.385 e. The topological polar surface area (TPSA) is 26.3 Å². The van der Waals surface area contributed by atoms with Crippen molar-refractivity contribution < 1.29 is 9.53 Å². The smallest absolute Gasteiger partial charge is 0.166 e. The SMILES string of the molecule is COCCC1CCc2ccccc2C1=O. The molecule has 1 aliphatic carbocycles. The summed E-state index contributed by atoms with van der Waals surface area (Å²) < 4.78 is 5.03. The van der Waals surface area contributed by atoms with Gasteiger partial charge in [-0.15, -0.1) is 0 Å². The fourth-order valence-corrected chi connectivity index (χ4v) is 2.19. The standard InChI is InChI=1S/C13H16O2/c1-15-9-8-11-7-6-10-4-2-3-5-12(10)13(11)14/h2-5,11H,6-9H2,1H3. The van der Waals surface area contributed by atoms with Gasteiger partial charge in [-0.05, 0) is 24.8 Å². The van der Waals surface area contributed by atoms with Crippen LogP contribution in [0.1, 0.15) is 28.8 Å². The monoisotopic (exact) mass is 204 g/mol. The molecule has 0 saturated heterocycles. The molecule has 1 aromatic rings. The third-order valence-electron chi connectivity index (χ3n) is 3.09. The van der Waals surface area contributed by atoms with Crippen molar-refractivity contribution in [2.75, 3.05) is 13.7 Å². The molecule has 0 aliphatic heterocycles. The van der Waals surface area contributed by atoms with Gasteiger partial charge in [-0.2, -0.15) is 0 Å². The van der Waals surface area contributed by atoms with Crippen molar-refractivity contribution in [2.45, 2.75) is 19.3 Å². The lowest BCUT2D eigenvalue weighted by Gasteiger charge is -2.22. The third-order valence-corrected chi connectivity index (χ3v) is 3.09. The first-order valence-corrected chi connectivity index (χ1v) is 5.44. The average molecular weight is 204 g/mol. The molecule has 2 nitrogen and oxygen atoms in total. The molecule has 0 aromatic heterocycles. The van der Waals surface area contributed by atoms with E-state index in [1.54, 1.807) is 7.11 Å². The van der Waals surface area contributed by atoms with Crippen LogP contribution in [-0.2, 0) is 11.2 Å². The van der Waals surface area contributed by atoms with Crippen LogP contribution in [0, 0.1) is 5.92 Å². The third kappa shape index (κ3) is 2.10. The number of ether oxygens (including phenoxy) is 1. The van der Waals surface area contributed by atoms with Crippen molar-refractivity contribution in [3.63, 3.8) is 0 Å². The van der Waals surface area contributed by atoms with E-state index in [9.17, 15) is 4.79 Å². The Morgan fingerprint density at radius 2 is 2.20 bits per heavy atom. The molecular weight excluding hydrogens is 188 g/mol. The Hall–Kier alpha value is -1.15. The van der Waals surface area contributed by atoms with Gasteiger partial charge in [-0.3, -0.25) is 4.79 Å². The lowest BCUT2D eigenvalue weighted by molar-refractivity contribution is 0.0858. The molecule has 0 fully saturated rings. The fraction of sp³-hybridized carbons (Fsp3) is 0.462. The molecule has 0 radical (unpaired) electrons. The van der Waals surface area contributed by atoms with Crippen molar-refractivity contribution in [1.82, 2.24) is 0 Å². The number of carbonyl (C=O) groups excluding carboxylic acids is 1. The van der Waals surface area contributed by atoms with E-state index < -0.39 is 0 Å². The molecule has 1 aromatic carbocycles. The molecule has 0 heterocycles. The van der Waals surface area contributed by atoms with Crippen LogP contribution in [0.2, 0.25) is 0 Å². The van der Waals surface area contributed by atoms with E-state index in [2.05, 4.69) is 6.07 Å². The van der Waals surface area contributed by atoms with Gasteiger partial charge in [0.2, 0.25) is 0 Å². The molecule has 15 heavy (non-hydrogen) atoms. The van der Waals surface area contributed by atoms with E-state index >= 15 is 0 Å². The van der Waals surface area contributed by atoms with Crippen molar-refractivity contribution >= 4 is 5.78 Å². The Bertz CT molecular complexity index is 357. The maximum Gasteiger partial charge on any atom is 0.166 e. The number of methoxy groups -OCH3 is 1. The predicted molar refractivity (Wildman–Crippen MR) is 59.1 cm³/mol. The lowest BCUT2D eigenvalue weighted by atomic mass is 9.81. The Kier molecular flexibility index (Phi) is 3.17. The van der Waals surface area contributed by atoms with Gasteiger partial charge in [-0.25, -0.2) is 0 Å². The Labute approximate surface area is 90.3 Å². The molecular formula is C13H16O2. The zero-order valence-electron chi connectivity index (χ0n) is 9.03. The molecule has 0 amide bonds. The predicted octanol–water partition coefficient (Wildman–Crippen LogP) is 2.47. The summed E-state index contributed by atoms with van der Waals surface area (Å²) in [5.41, 5.74) is 2.13. The Morgan fingerprint density at radius 3 is 3.00 bits per heavy atom. The van der Waals surface area contributed by atoms with Crippen LogP contribution in [-0.4, -0.2) is 19.5 Å². The Morgan fingerprint density at radius 1 is 1.40 bits per heavy atom. The first-order chi connectivity index (χ1) is 7.33. The maximum absolute atomic E-state index is 12.1. The summed E-state index contributed by atoms with van der Waals surface area (Å²) in [5.74, 6) is 0.466. The minimum atomic E-state index is 0.167. The highest BCUT2D eigenvalue weighted by atomic mass is 16.5. The second-order valence-corrected chi connectivity index (χ2v) is 4.04. The molecule has 2 rings (SSSR count). The lowest BCUT2D eigenvalue weighted by Crippen LogP contribution is -2.23. The zero-order valence-corrected chi connectivity index (χ0v) is 9.03.